The van der Waals surface area contributed by atoms with Crippen LogP contribution < -0.4 is 19.7 Å². The van der Waals surface area contributed by atoms with Gasteiger partial charge in [0, 0.05) is 26.2 Å². The Bertz CT molecular complexity index is 1030. The Morgan fingerprint density at radius 2 is 1.72 bits per heavy atom. The second kappa shape index (κ2) is 10.7. The summed E-state index contributed by atoms with van der Waals surface area (Å²) in [7, 11) is -2.11. The van der Waals surface area contributed by atoms with Gasteiger partial charge in [0.25, 0.3) is 5.91 Å². The van der Waals surface area contributed by atoms with Crippen LogP contribution in [0.5, 0.6) is 11.5 Å². The minimum atomic E-state index is -3.65. The maximum absolute atomic E-state index is 13.0. The zero-order valence-corrected chi connectivity index (χ0v) is 19.7. The molecule has 9 heteroatoms. The van der Waals surface area contributed by atoms with E-state index < -0.39 is 10.0 Å². The summed E-state index contributed by atoms with van der Waals surface area (Å²) in [5, 5.41) is 2.85. The van der Waals surface area contributed by atoms with Gasteiger partial charge in [-0.05, 0) is 43.2 Å². The summed E-state index contributed by atoms with van der Waals surface area (Å²) in [5.41, 5.74) is 1.28. The Hall–Kier alpha value is -2.78. The predicted molar refractivity (Wildman–Crippen MR) is 125 cm³/mol. The zero-order chi connectivity index (χ0) is 23.1. The molecule has 8 nitrogen and oxygen atoms in total. The second-order valence-electron chi connectivity index (χ2n) is 7.45. The summed E-state index contributed by atoms with van der Waals surface area (Å²) in [6.07, 6.45) is 2.12. The molecule has 0 aromatic heterocycles. The van der Waals surface area contributed by atoms with Gasteiger partial charge in [0.15, 0.2) is 18.1 Å². The van der Waals surface area contributed by atoms with Gasteiger partial charge in [0.2, 0.25) is 10.0 Å². The van der Waals surface area contributed by atoms with Gasteiger partial charge in [-0.25, -0.2) is 8.42 Å². The maximum atomic E-state index is 13.0. The number of nitrogens with zero attached hydrogens (tertiary/aromatic N) is 2. The quantitative estimate of drug-likeness (QED) is 0.584. The standard InChI is InChI=1S/C23H31N3O5S/c1-4-26(5-2)32(28,29)18-12-13-20(25-14-8-9-15-25)19(16-18)24-23(27)17-31-22-11-7-6-10-21(22)30-3/h6-7,10-13,16H,4-5,8-9,14-15,17H2,1-3H3,(H,24,27). The Morgan fingerprint density at radius 1 is 1.06 bits per heavy atom. The summed E-state index contributed by atoms with van der Waals surface area (Å²) in [6, 6.07) is 12.0. The number of methoxy groups -OCH3 is 1. The Kier molecular flexibility index (Phi) is 7.98. The number of hydrogen-bond acceptors (Lipinski definition) is 6. The van der Waals surface area contributed by atoms with E-state index in [0.29, 0.717) is 30.3 Å². The van der Waals surface area contributed by atoms with Crippen LogP contribution in [0.1, 0.15) is 26.7 Å². The molecule has 3 rings (SSSR count). The van der Waals surface area contributed by atoms with E-state index in [1.165, 1.54) is 11.4 Å². The topological polar surface area (TPSA) is 88.2 Å². The first-order chi connectivity index (χ1) is 15.4. The van der Waals surface area contributed by atoms with E-state index in [2.05, 4.69) is 10.2 Å². The van der Waals surface area contributed by atoms with Crippen molar-refractivity contribution in [1.82, 2.24) is 4.31 Å². The average molecular weight is 462 g/mol. The molecule has 1 fully saturated rings. The highest BCUT2D eigenvalue weighted by molar-refractivity contribution is 7.89. The number of benzene rings is 2. The molecule has 0 radical (unpaired) electrons. The average Bonchev–Trinajstić information content (AvgIpc) is 3.33. The SMILES string of the molecule is CCN(CC)S(=O)(=O)c1ccc(N2CCCC2)c(NC(=O)COc2ccccc2OC)c1. The van der Waals surface area contributed by atoms with E-state index in [1.807, 2.05) is 6.07 Å². The number of carbonyl (C=O) groups excluding carboxylic acids is 1. The molecular formula is C23H31N3O5S. The van der Waals surface area contributed by atoms with Crippen LogP contribution in [0.2, 0.25) is 0 Å². The number of hydrogen-bond donors (Lipinski definition) is 1. The molecule has 1 N–H and O–H groups in total. The first kappa shape index (κ1) is 23.9. The molecule has 2 aromatic carbocycles. The minimum absolute atomic E-state index is 0.157. The van der Waals surface area contributed by atoms with E-state index in [-0.39, 0.29) is 17.4 Å². The van der Waals surface area contributed by atoms with Gasteiger partial charge in [0.05, 0.1) is 23.4 Å². The van der Waals surface area contributed by atoms with Gasteiger partial charge in [0.1, 0.15) is 0 Å². The number of nitrogens with one attached hydrogen (secondary N) is 1. The number of anilines is 2. The van der Waals surface area contributed by atoms with Crippen molar-refractivity contribution in [2.24, 2.45) is 0 Å². The lowest BCUT2D eigenvalue weighted by molar-refractivity contribution is -0.118. The highest BCUT2D eigenvalue weighted by Gasteiger charge is 2.25. The molecule has 0 saturated carbocycles. The smallest absolute Gasteiger partial charge is 0.262 e. The molecule has 1 amide bonds. The molecular weight excluding hydrogens is 430 g/mol. The lowest BCUT2D eigenvalue weighted by Crippen LogP contribution is -2.31. The molecule has 0 unspecified atom stereocenters. The Morgan fingerprint density at radius 3 is 2.34 bits per heavy atom. The molecule has 1 aliphatic heterocycles. The van der Waals surface area contributed by atoms with E-state index in [9.17, 15) is 13.2 Å². The van der Waals surface area contributed by atoms with Crippen LogP contribution in [-0.2, 0) is 14.8 Å². The number of ether oxygens (including phenoxy) is 2. The van der Waals surface area contributed by atoms with Gasteiger partial charge in [-0.1, -0.05) is 26.0 Å². The first-order valence-corrected chi connectivity index (χ1v) is 12.3. The summed E-state index contributed by atoms with van der Waals surface area (Å²) in [4.78, 5) is 15.0. The summed E-state index contributed by atoms with van der Waals surface area (Å²) in [6.45, 7) is 5.86. The summed E-state index contributed by atoms with van der Waals surface area (Å²) >= 11 is 0. The van der Waals surface area contributed by atoms with Crippen LogP contribution in [0.4, 0.5) is 11.4 Å². The van der Waals surface area contributed by atoms with Crippen LogP contribution in [-0.4, -0.2) is 58.5 Å². The third-order valence-corrected chi connectivity index (χ3v) is 7.51. The monoisotopic (exact) mass is 461 g/mol. The van der Waals surface area contributed by atoms with Crippen molar-refractivity contribution >= 4 is 27.3 Å². The minimum Gasteiger partial charge on any atom is -0.493 e. The fourth-order valence-corrected chi connectivity index (χ4v) is 5.27. The molecule has 1 heterocycles. The van der Waals surface area contributed by atoms with Crippen LogP contribution in [0.25, 0.3) is 0 Å². The van der Waals surface area contributed by atoms with Crippen LogP contribution in [0, 0.1) is 0 Å². The highest BCUT2D eigenvalue weighted by Crippen LogP contribution is 2.32. The number of amides is 1. The van der Waals surface area contributed by atoms with Gasteiger partial charge >= 0.3 is 0 Å². The zero-order valence-electron chi connectivity index (χ0n) is 18.8. The molecule has 1 aliphatic rings. The molecule has 0 bridgehead atoms. The normalized spacial score (nSPS) is 13.9. The van der Waals surface area contributed by atoms with Crippen molar-refractivity contribution < 1.29 is 22.7 Å². The van der Waals surface area contributed by atoms with E-state index in [1.54, 1.807) is 50.2 Å². The van der Waals surface area contributed by atoms with Gasteiger partial charge < -0.3 is 19.7 Å². The molecule has 2 aromatic rings. The number of carbonyl (C=O) groups is 1. The van der Waals surface area contributed by atoms with Crippen molar-refractivity contribution in [2.45, 2.75) is 31.6 Å². The molecule has 0 aliphatic carbocycles. The molecule has 174 valence electrons. The fourth-order valence-electron chi connectivity index (χ4n) is 3.79. The van der Waals surface area contributed by atoms with Crippen LogP contribution >= 0.6 is 0 Å². The molecule has 32 heavy (non-hydrogen) atoms. The summed E-state index contributed by atoms with van der Waals surface area (Å²) in [5.74, 6) is 0.613. The second-order valence-corrected chi connectivity index (χ2v) is 9.39. The first-order valence-electron chi connectivity index (χ1n) is 10.9. The Balaban J connectivity index is 1.84. The molecule has 0 atom stereocenters. The van der Waals surface area contributed by atoms with E-state index in [4.69, 9.17) is 9.47 Å². The van der Waals surface area contributed by atoms with Crippen molar-refractivity contribution in [3.8, 4) is 11.5 Å². The van der Waals surface area contributed by atoms with Crippen LogP contribution in [0.15, 0.2) is 47.4 Å². The van der Waals surface area contributed by atoms with Crippen molar-refractivity contribution in [3.63, 3.8) is 0 Å². The van der Waals surface area contributed by atoms with Crippen molar-refractivity contribution in [3.05, 3.63) is 42.5 Å². The number of para-hydroxylation sites is 2. The third-order valence-electron chi connectivity index (χ3n) is 5.46. The van der Waals surface area contributed by atoms with Crippen LogP contribution in [0.3, 0.4) is 0 Å². The number of rotatable bonds is 10. The lowest BCUT2D eigenvalue weighted by Gasteiger charge is -2.24. The molecule has 1 saturated heterocycles. The van der Waals surface area contributed by atoms with Gasteiger partial charge in [-0.15, -0.1) is 0 Å². The van der Waals surface area contributed by atoms with E-state index in [0.717, 1.165) is 31.6 Å². The van der Waals surface area contributed by atoms with Crippen molar-refractivity contribution in [2.75, 3.05) is 50.1 Å². The Labute approximate surface area is 190 Å². The maximum Gasteiger partial charge on any atom is 0.262 e. The van der Waals surface area contributed by atoms with E-state index >= 15 is 0 Å². The summed E-state index contributed by atoms with van der Waals surface area (Å²) < 4.78 is 38.3. The van der Waals surface area contributed by atoms with Gasteiger partial charge in [-0.3, -0.25) is 4.79 Å². The number of sulfonamides is 1. The third kappa shape index (κ3) is 5.34. The molecule has 0 spiro atoms. The van der Waals surface area contributed by atoms with Crippen molar-refractivity contribution in [1.29, 1.82) is 0 Å². The fraction of sp³-hybridized carbons (Fsp3) is 0.435. The predicted octanol–water partition coefficient (Wildman–Crippen LogP) is 3.34. The highest BCUT2D eigenvalue weighted by atomic mass is 32.2. The largest absolute Gasteiger partial charge is 0.493 e. The lowest BCUT2D eigenvalue weighted by atomic mass is 10.2. The van der Waals surface area contributed by atoms with Gasteiger partial charge in [-0.2, -0.15) is 4.31 Å².